The molecule has 0 spiro atoms. The average molecular weight is 458 g/mol. The largest absolute Gasteiger partial charge is 0.497 e. The summed E-state index contributed by atoms with van der Waals surface area (Å²) < 4.78 is 6.34. The molecule has 1 heterocycles. The molecular weight excluding hydrogens is 426 g/mol. The molecule has 7 heteroatoms. The highest BCUT2D eigenvalue weighted by atomic mass is 32.2. The Labute approximate surface area is 193 Å². The molecule has 166 valence electrons. The van der Waals surface area contributed by atoms with Crippen LogP contribution in [0.25, 0.3) is 10.2 Å². The lowest BCUT2D eigenvalue weighted by Crippen LogP contribution is -2.36. The first-order valence-electron chi connectivity index (χ1n) is 10.5. The van der Waals surface area contributed by atoms with Crippen LogP contribution in [0.2, 0.25) is 0 Å². The monoisotopic (exact) mass is 457 g/mol. The Kier molecular flexibility index (Phi) is 8.35. The molecule has 0 aliphatic heterocycles. The molecule has 1 amide bonds. The van der Waals surface area contributed by atoms with Crippen molar-refractivity contribution in [3.8, 4) is 5.75 Å². The van der Waals surface area contributed by atoms with Gasteiger partial charge in [0, 0.05) is 24.4 Å². The molecule has 0 unspecified atom stereocenters. The SMILES string of the molecule is COc1ccc(SCCCC(=O)N(CCN(C)C)c2nc3cc(C)c(C)cc3s2)cc1. The minimum absolute atomic E-state index is 0.143. The summed E-state index contributed by atoms with van der Waals surface area (Å²) in [6.07, 6.45) is 1.35. The molecule has 0 saturated heterocycles. The average Bonchev–Trinajstić information content (AvgIpc) is 3.14. The number of ether oxygens (including phenoxy) is 1. The van der Waals surface area contributed by atoms with Crippen molar-refractivity contribution in [1.82, 2.24) is 9.88 Å². The van der Waals surface area contributed by atoms with Crippen molar-refractivity contribution >= 4 is 44.4 Å². The van der Waals surface area contributed by atoms with Gasteiger partial charge in [0.05, 0.1) is 17.3 Å². The normalized spacial score (nSPS) is 11.3. The Balaban J connectivity index is 1.64. The number of anilines is 1. The van der Waals surface area contributed by atoms with E-state index in [4.69, 9.17) is 9.72 Å². The summed E-state index contributed by atoms with van der Waals surface area (Å²) in [5.74, 6) is 1.90. The molecule has 0 atom stereocenters. The van der Waals surface area contributed by atoms with Crippen molar-refractivity contribution in [2.75, 3.05) is 44.9 Å². The highest BCUT2D eigenvalue weighted by molar-refractivity contribution is 7.99. The summed E-state index contributed by atoms with van der Waals surface area (Å²) in [4.78, 5) is 23.1. The predicted octanol–water partition coefficient (Wildman–Crippen LogP) is 5.39. The number of methoxy groups -OCH3 is 1. The van der Waals surface area contributed by atoms with Crippen molar-refractivity contribution < 1.29 is 9.53 Å². The van der Waals surface area contributed by atoms with Gasteiger partial charge in [-0.2, -0.15) is 0 Å². The zero-order valence-corrected chi connectivity index (χ0v) is 20.6. The Morgan fingerprint density at radius 1 is 1.10 bits per heavy atom. The Morgan fingerprint density at radius 2 is 1.81 bits per heavy atom. The molecule has 0 fully saturated rings. The van der Waals surface area contributed by atoms with Crippen LogP contribution in [0.5, 0.6) is 5.75 Å². The quantitative estimate of drug-likeness (QED) is 0.302. The van der Waals surface area contributed by atoms with Crippen molar-refractivity contribution in [2.45, 2.75) is 31.6 Å². The van der Waals surface area contributed by atoms with E-state index in [1.165, 1.54) is 16.0 Å². The van der Waals surface area contributed by atoms with E-state index in [1.807, 2.05) is 31.1 Å². The third-order valence-electron chi connectivity index (χ3n) is 5.16. The third-order valence-corrected chi connectivity index (χ3v) is 7.30. The van der Waals surface area contributed by atoms with Crippen LogP contribution in [0.3, 0.4) is 0 Å². The molecular formula is C24H31N3O2S2. The number of benzene rings is 2. The lowest BCUT2D eigenvalue weighted by atomic mass is 10.1. The summed E-state index contributed by atoms with van der Waals surface area (Å²) in [5, 5.41) is 0.801. The van der Waals surface area contributed by atoms with Crippen molar-refractivity contribution in [3.05, 3.63) is 47.5 Å². The second-order valence-electron chi connectivity index (χ2n) is 7.88. The van der Waals surface area contributed by atoms with E-state index in [1.54, 1.807) is 30.2 Å². The molecule has 3 rings (SSSR count). The first-order chi connectivity index (χ1) is 14.9. The summed E-state index contributed by atoms with van der Waals surface area (Å²) in [6, 6.07) is 12.3. The van der Waals surface area contributed by atoms with Gasteiger partial charge >= 0.3 is 0 Å². The fourth-order valence-electron chi connectivity index (χ4n) is 3.13. The maximum Gasteiger partial charge on any atom is 0.228 e. The molecule has 3 aromatic rings. The van der Waals surface area contributed by atoms with Gasteiger partial charge in [0.2, 0.25) is 5.91 Å². The molecule has 0 radical (unpaired) electrons. The summed E-state index contributed by atoms with van der Waals surface area (Å²) in [7, 11) is 5.72. The van der Waals surface area contributed by atoms with E-state index in [0.717, 1.165) is 39.8 Å². The lowest BCUT2D eigenvalue weighted by molar-refractivity contribution is -0.118. The molecule has 0 saturated carbocycles. The number of fused-ring (bicyclic) bond motifs is 1. The highest BCUT2D eigenvalue weighted by Gasteiger charge is 2.20. The highest BCUT2D eigenvalue weighted by Crippen LogP contribution is 2.31. The number of thioether (sulfide) groups is 1. The van der Waals surface area contributed by atoms with Crippen LogP contribution in [-0.4, -0.2) is 55.8 Å². The van der Waals surface area contributed by atoms with Crippen LogP contribution in [-0.2, 0) is 4.79 Å². The number of rotatable bonds is 10. The van der Waals surface area contributed by atoms with Crippen molar-refractivity contribution in [1.29, 1.82) is 0 Å². The molecule has 0 bridgehead atoms. The number of aromatic nitrogens is 1. The first kappa shape index (κ1) is 23.6. The van der Waals surface area contributed by atoms with Crippen LogP contribution >= 0.6 is 23.1 Å². The number of hydrogen-bond donors (Lipinski definition) is 0. The minimum Gasteiger partial charge on any atom is -0.497 e. The smallest absolute Gasteiger partial charge is 0.228 e. The van der Waals surface area contributed by atoms with Crippen LogP contribution in [0.15, 0.2) is 41.3 Å². The number of nitrogens with zero attached hydrogens (tertiary/aromatic N) is 3. The van der Waals surface area contributed by atoms with Gasteiger partial charge in [-0.15, -0.1) is 11.8 Å². The summed E-state index contributed by atoms with van der Waals surface area (Å²) in [5.41, 5.74) is 3.45. The Morgan fingerprint density at radius 3 is 2.48 bits per heavy atom. The molecule has 5 nitrogen and oxygen atoms in total. The molecule has 0 aliphatic rings. The van der Waals surface area contributed by atoms with E-state index in [-0.39, 0.29) is 5.91 Å². The minimum atomic E-state index is 0.143. The van der Waals surface area contributed by atoms with Gasteiger partial charge in [-0.3, -0.25) is 9.69 Å². The van der Waals surface area contributed by atoms with Gasteiger partial charge in [0.25, 0.3) is 0 Å². The summed E-state index contributed by atoms with van der Waals surface area (Å²) in [6.45, 7) is 5.67. The number of carbonyl (C=O) groups excluding carboxylic acids is 1. The number of aryl methyl sites for hydroxylation is 2. The van der Waals surface area contributed by atoms with Gasteiger partial charge in [-0.25, -0.2) is 4.98 Å². The van der Waals surface area contributed by atoms with E-state index >= 15 is 0 Å². The van der Waals surface area contributed by atoms with E-state index < -0.39 is 0 Å². The molecule has 2 aromatic carbocycles. The zero-order chi connectivity index (χ0) is 22.4. The number of carbonyl (C=O) groups is 1. The molecule has 0 aliphatic carbocycles. The third kappa shape index (κ3) is 6.45. The maximum absolute atomic E-state index is 13.1. The van der Waals surface area contributed by atoms with Crippen LogP contribution in [0.4, 0.5) is 5.13 Å². The standard InChI is InChI=1S/C24H31N3O2S2/c1-17-15-21-22(16-18(17)2)31-24(25-21)27(13-12-26(3)4)23(28)7-6-14-30-20-10-8-19(29-5)9-11-20/h8-11,15-16H,6-7,12-14H2,1-5H3. The fraction of sp³-hybridized carbons (Fsp3) is 0.417. The van der Waals surface area contributed by atoms with E-state index in [2.05, 4.69) is 43.0 Å². The van der Waals surface area contributed by atoms with Gasteiger partial charge in [0.15, 0.2) is 5.13 Å². The Hall–Kier alpha value is -2.09. The van der Waals surface area contributed by atoms with Crippen LogP contribution in [0.1, 0.15) is 24.0 Å². The second-order valence-corrected chi connectivity index (χ2v) is 10.1. The Bertz CT molecular complexity index is 977. The van der Waals surface area contributed by atoms with Gasteiger partial charge < -0.3 is 9.64 Å². The lowest BCUT2D eigenvalue weighted by Gasteiger charge is -2.22. The predicted molar refractivity (Wildman–Crippen MR) is 133 cm³/mol. The number of amides is 1. The van der Waals surface area contributed by atoms with Crippen LogP contribution in [0, 0.1) is 13.8 Å². The van der Waals surface area contributed by atoms with Gasteiger partial charge in [0.1, 0.15) is 5.75 Å². The molecule has 1 aromatic heterocycles. The zero-order valence-electron chi connectivity index (χ0n) is 19.0. The number of hydrogen-bond acceptors (Lipinski definition) is 6. The van der Waals surface area contributed by atoms with E-state index in [0.29, 0.717) is 13.0 Å². The summed E-state index contributed by atoms with van der Waals surface area (Å²) >= 11 is 3.37. The van der Waals surface area contributed by atoms with Gasteiger partial charge in [-0.1, -0.05) is 11.3 Å². The first-order valence-corrected chi connectivity index (χ1v) is 12.3. The van der Waals surface area contributed by atoms with E-state index in [9.17, 15) is 4.79 Å². The molecule has 31 heavy (non-hydrogen) atoms. The number of thiazole rings is 1. The van der Waals surface area contributed by atoms with Crippen molar-refractivity contribution in [3.63, 3.8) is 0 Å². The maximum atomic E-state index is 13.1. The van der Waals surface area contributed by atoms with Gasteiger partial charge in [-0.05, 0) is 87.6 Å². The van der Waals surface area contributed by atoms with Crippen LogP contribution < -0.4 is 9.64 Å². The molecule has 0 N–H and O–H groups in total. The topological polar surface area (TPSA) is 45.7 Å². The number of likely N-dealkylation sites (N-methyl/N-ethyl adjacent to an activating group) is 1. The van der Waals surface area contributed by atoms with Crippen molar-refractivity contribution in [2.24, 2.45) is 0 Å². The second kappa shape index (κ2) is 11.0. The fourth-order valence-corrected chi connectivity index (χ4v) is 5.07.